The lowest BCUT2D eigenvalue weighted by molar-refractivity contribution is -0.133. The van der Waals surface area contributed by atoms with Gasteiger partial charge in [-0.05, 0) is 43.7 Å². The van der Waals surface area contributed by atoms with Crippen molar-refractivity contribution in [3.05, 3.63) is 65.2 Å². The fourth-order valence-electron chi connectivity index (χ4n) is 2.82. The minimum absolute atomic E-state index is 0.0844. The van der Waals surface area contributed by atoms with Crippen LogP contribution in [0.15, 0.2) is 42.5 Å². The molecule has 27 heavy (non-hydrogen) atoms. The van der Waals surface area contributed by atoms with Gasteiger partial charge in [-0.25, -0.2) is 13.6 Å². The Kier molecular flexibility index (Phi) is 4.65. The van der Waals surface area contributed by atoms with Gasteiger partial charge >= 0.3 is 6.03 Å². The first kappa shape index (κ1) is 18.5. The summed E-state index contributed by atoms with van der Waals surface area (Å²) in [5.41, 5.74) is 0.0436. The standard InChI is InChI=1S/C19H17F2N3O3/c1-11-3-6-13(7-4-11)22-16(25)10-24-17(26)19(2,23-18(24)27)12-5-8-14(20)15(21)9-12/h3-9H,10H2,1-2H3,(H,22,25)(H,23,27)/t19-/m1/s1. The molecule has 4 amide bonds. The summed E-state index contributed by atoms with van der Waals surface area (Å²) in [5.74, 6) is -3.48. The van der Waals surface area contributed by atoms with Gasteiger partial charge in [-0.2, -0.15) is 0 Å². The summed E-state index contributed by atoms with van der Waals surface area (Å²) < 4.78 is 26.7. The molecule has 0 unspecified atom stereocenters. The van der Waals surface area contributed by atoms with Crippen molar-refractivity contribution in [2.24, 2.45) is 0 Å². The molecule has 0 radical (unpaired) electrons. The molecule has 3 rings (SSSR count). The SMILES string of the molecule is Cc1ccc(NC(=O)CN2C(=O)N[C@](C)(c3ccc(F)c(F)c3)C2=O)cc1. The maximum Gasteiger partial charge on any atom is 0.325 e. The minimum Gasteiger partial charge on any atom is -0.325 e. The van der Waals surface area contributed by atoms with Crippen LogP contribution in [0.1, 0.15) is 18.1 Å². The number of hydrogen-bond acceptors (Lipinski definition) is 3. The fourth-order valence-corrected chi connectivity index (χ4v) is 2.82. The number of amides is 4. The average Bonchev–Trinajstić information content (AvgIpc) is 2.83. The van der Waals surface area contributed by atoms with Crippen molar-refractivity contribution >= 4 is 23.5 Å². The Morgan fingerprint density at radius 2 is 1.78 bits per heavy atom. The van der Waals surface area contributed by atoms with Crippen molar-refractivity contribution in [3.63, 3.8) is 0 Å². The van der Waals surface area contributed by atoms with Crippen molar-refractivity contribution in [1.82, 2.24) is 10.2 Å². The van der Waals surface area contributed by atoms with Gasteiger partial charge in [0.05, 0.1) is 0 Å². The van der Waals surface area contributed by atoms with Crippen molar-refractivity contribution in [2.75, 3.05) is 11.9 Å². The number of nitrogens with zero attached hydrogens (tertiary/aromatic N) is 1. The lowest BCUT2D eigenvalue weighted by Gasteiger charge is -2.22. The highest BCUT2D eigenvalue weighted by Gasteiger charge is 2.49. The molecule has 1 saturated heterocycles. The number of rotatable bonds is 4. The number of hydrogen-bond donors (Lipinski definition) is 2. The number of imide groups is 1. The molecule has 8 heteroatoms. The van der Waals surface area contributed by atoms with Crippen LogP contribution in [-0.4, -0.2) is 29.3 Å². The Morgan fingerprint density at radius 3 is 2.41 bits per heavy atom. The van der Waals surface area contributed by atoms with Crippen LogP contribution in [0.25, 0.3) is 0 Å². The zero-order valence-corrected chi connectivity index (χ0v) is 14.7. The Labute approximate surface area is 154 Å². The number of carbonyl (C=O) groups is 3. The van der Waals surface area contributed by atoms with E-state index in [0.717, 1.165) is 22.6 Å². The van der Waals surface area contributed by atoms with Crippen LogP contribution in [0.2, 0.25) is 0 Å². The van der Waals surface area contributed by atoms with Gasteiger partial charge in [0, 0.05) is 5.69 Å². The Morgan fingerprint density at radius 1 is 1.11 bits per heavy atom. The molecular formula is C19H17F2N3O3. The quantitative estimate of drug-likeness (QED) is 0.809. The molecule has 1 fully saturated rings. The number of aryl methyl sites for hydroxylation is 1. The smallest absolute Gasteiger partial charge is 0.325 e. The third-order valence-electron chi connectivity index (χ3n) is 4.41. The van der Waals surface area contributed by atoms with Crippen molar-refractivity contribution in [1.29, 1.82) is 0 Å². The van der Waals surface area contributed by atoms with E-state index in [2.05, 4.69) is 10.6 Å². The van der Waals surface area contributed by atoms with Crippen LogP contribution in [0.4, 0.5) is 19.3 Å². The van der Waals surface area contributed by atoms with E-state index >= 15 is 0 Å². The zero-order valence-electron chi connectivity index (χ0n) is 14.7. The molecule has 2 N–H and O–H groups in total. The first-order valence-corrected chi connectivity index (χ1v) is 8.17. The highest BCUT2D eigenvalue weighted by atomic mass is 19.2. The first-order valence-electron chi connectivity index (χ1n) is 8.17. The van der Waals surface area contributed by atoms with Crippen LogP contribution in [0.3, 0.4) is 0 Å². The van der Waals surface area contributed by atoms with E-state index in [-0.39, 0.29) is 5.56 Å². The summed E-state index contributed by atoms with van der Waals surface area (Å²) in [5, 5.41) is 5.04. The molecule has 1 aliphatic rings. The van der Waals surface area contributed by atoms with E-state index < -0.39 is 41.6 Å². The molecule has 2 aromatic rings. The second-order valence-corrected chi connectivity index (χ2v) is 6.49. The lowest BCUT2D eigenvalue weighted by Crippen LogP contribution is -2.42. The summed E-state index contributed by atoms with van der Waals surface area (Å²) in [7, 11) is 0. The van der Waals surface area contributed by atoms with Gasteiger partial charge < -0.3 is 10.6 Å². The predicted octanol–water partition coefficient (Wildman–Crippen LogP) is 2.68. The number of halogens is 2. The maximum atomic E-state index is 13.5. The van der Waals surface area contributed by atoms with Crippen LogP contribution in [0, 0.1) is 18.6 Å². The molecule has 0 aromatic heterocycles. The molecule has 140 valence electrons. The number of benzene rings is 2. The number of anilines is 1. The molecule has 0 saturated carbocycles. The molecule has 0 aliphatic carbocycles. The third kappa shape index (κ3) is 3.51. The van der Waals surface area contributed by atoms with E-state index in [0.29, 0.717) is 5.69 Å². The number of carbonyl (C=O) groups excluding carboxylic acids is 3. The molecule has 1 heterocycles. The van der Waals surface area contributed by atoms with E-state index in [1.54, 1.807) is 12.1 Å². The van der Waals surface area contributed by atoms with Gasteiger partial charge in [-0.3, -0.25) is 14.5 Å². The highest BCUT2D eigenvalue weighted by Crippen LogP contribution is 2.29. The van der Waals surface area contributed by atoms with Gasteiger partial charge in [-0.1, -0.05) is 23.8 Å². The van der Waals surface area contributed by atoms with Crippen LogP contribution in [-0.2, 0) is 15.1 Å². The van der Waals surface area contributed by atoms with Crippen LogP contribution in [0.5, 0.6) is 0 Å². The largest absolute Gasteiger partial charge is 0.325 e. The van der Waals surface area contributed by atoms with Gasteiger partial charge in [0.25, 0.3) is 5.91 Å². The Balaban J connectivity index is 1.76. The average molecular weight is 373 g/mol. The predicted molar refractivity (Wildman–Crippen MR) is 93.8 cm³/mol. The summed E-state index contributed by atoms with van der Waals surface area (Å²) in [6.07, 6.45) is 0. The van der Waals surface area contributed by atoms with Crippen molar-refractivity contribution in [2.45, 2.75) is 19.4 Å². The number of nitrogens with one attached hydrogen (secondary N) is 2. The molecule has 0 spiro atoms. The molecule has 1 atom stereocenters. The van der Waals surface area contributed by atoms with Gasteiger partial charge in [-0.15, -0.1) is 0 Å². The summed E-state index contributed by atoms with van der Waals surface area (Å²) in [4.78, 5) is 37.9. The van der Waals surface area contributed by atoms with Crippen molar-refractivity contribution in [3.8, 4) is 0 Å². The van der Waals surface area contributed by atoms with Crippen LogP contribution >= 0.6 is 0 Å². The Hall–Kier alpha value is -3.29. The second-order valence-electron chi connectivity index (χ2n) is 6.49. The molecule has 6 nitrogen and oxygen atoms in total. The van der Waals surface area contributed by atoms with E-state index in [4.69, 9.17) is 0 Å². The van der Waals surface area contributed by atoms with E-state index in [9.17, 15) is 23.2 Å². The maximum absolute atomic E-state index is 13.5. The lowest BCUT2D eigenvalue weighted by atomic mass is 9.92. The first-order chi connectivity index (χ1) is 12.7. The molecule has 1 aliphatic heterocycles. The van der Waals surface area contributed by atoms with Crippen molar-refractivity contribution < 1.29 is 23.2 Å². The topological polar surface area (TPSA) is 78.5 Å². The molecule has 2 aromatic carbocycles. The summed E-state index contributed by atoms with van der Waals surface area (Å²) in [6.45, 7) is 2.77. The van der Waals surface area contributed by atoms with Gasteiger partial charge in [0.15, 0.2) is 11.6 Å². The van der Waals surface area contributed by atoms with Crippen LogP contribution < -0.4 is 10.6 Å². The minimum atomic E-state index is -1.59. The second kappa shape index (κ2) is 6.79. The number of urea groups is 1. The third-order valence-corrected chi connectivity index (χ3v) is 4.41. The summed E-state index contributed by atoms with van der Waals surface area (Å²) in [6, 6.07) is 9.17. The highest BCUT2D eigenvalue weighted by molar-refractivity contribution is 6.10. The van der Waals surface area contributed by atoms with Gasteiger partial charge in [0.2, 0.25) is 5.91 Å². The van der Waals surface area contributed by atoms with E-state index in [1.807, 2.05) is 19.1 Å². The molecular weight excluding hydrogens is 356 g/mol. The Bertz CT molecular complexity index is 930. The zero-order chi connectivity index (χ0) is 19.8. The monoisotopic (exact) mass is 373 g/mol. The summed E-state index contributed by atoms with van der Waals surface area (Å²) >= 11 is 0. The molecule has 0 bridgehead atoms. The fraction of sp³-hybridized carbons (Fsp3) is 0.211. The van der Waals surface area contributed by atoms with E-state index in [1.165, 1.54) is 13.0 Å². The van der Waals surface area contributed by atoms with Gasteiger partial charge in [0.1, 0.15) is 12.1 Å². The normalized spacial score (nSPS) is 19.2.